The van der Waals surface area contributed by atoms with Crippen molar-refractivity contribution in [3.63, 3.8) is 0 Å². The SMILES string of the molecule is COC(=O)CNC(=O)O[C@H]1CN[C@H](C(=O)OC)C1. The van der Waals surface area contributed by atoms with Crippen LogP contribution in [0.15, 0.2) is 0 Å². The summed E-state index contributed by atoms with van der Waals surface area (Å²) >= 11 is 0. The number of alkyl carbamates (subject to hydrolysis) is 1. The Hall–Kier alpha value is -1.83. The van der Waals surface area contributed by atoms with E-state index in [-0.39, 0.29) is 6.54 Å². The second kappa shape index (κ2) is 6.80. The molecule has 1 amide bonds. The Balaban J connectivity index is 2.26. The van der Waals surface area contributed by atoms with Crippen LogP contribution in [0.2, 0.25) is 0 Å². The fourth-order valence-corrected chi connectivity index (χ4v) is 1.52. The van der Waals surface area contributed by atoms with E-state index in [9.17, 15) is 14.4 Å². The third-order valence-corrected chi connectivity index (χ3v) is 2.45. The quantitative estimate of drug-likeness (QED) is 0.483. The van der Waals surface area contributed by atoms with E-state index in [4.69, 9.17) is 4.74 Å². The molecular formula is C10H16N2O6. The normalized spacial score (nSPS) is 22.1. The molecule has 0 unspecified atom stereocenters. The maximum atomic E-state index is 11.3. The molecule has 18 heavy (non-hydrogen) atoms. The minimum absolute atomic E-state index is 0.254. The van der Waals surface area contributed by atoms with Crippen LogP contribution < -0.4 is 10.6 Å². The van der Waals surface area contributed by atoms with Gasteiger partial charge in [-0.3, -0.25) is 9.59 Å². The Morgan fingerprint density at radius 2 is 2.00 bits per heavy atom. The van der Waals surface area contributed by atoms with Gasteiger partial charge in [0, 0.05) is 13.0 Å². The van der Waals surface area contributed by atoms with Gasteiger partial charge in [0.25, 0.3) is 0 Å². The number of nitrogens with one attached hydrogen (secondary N) is 2. The highest BCUT2D eigenvalue weighted by molar-refractivity contribution is 5.78. The number of amides is 1. The summed E-state index contributed by atoms with van der Waals surface area (Å²) in [6, 6.07) is -0.464. The second-order valence-electron chi connectivity index (χ2n) is 3.68. The van der Waals surface area contributed by atoms with Crippen LogP contribution >= 0.6 is 0 Å². The van der Waals surface area contributed by atoms with Crippen molar-refractivity contribution < 1.29 is 28.6 Å². The van der Waals surface area contributed by atoms with E-state index < -0.39 is 30.2 Å². The number of esters is 2. The van der Waals surface area contributed by atoms with Crippen molar-refractivity contribution >= 4 is 18.0 Å². The summed E-state index contributed by atoms with van der Waals surface area (Å²) in [5.41, 5.74) is 0. The summed E-state index contributed by atoms with van der Waals surface area (Å²) in [6.45, 7) is 0.112. The fraction of sp³-hybridized carbons (Fsp3) is 0.700. The first-order valence-corrected chi connectivity index (χ1v) is 5.39. The van der Waals surface area contributed by atoms with Crippen LogP contribution in [0.5, 0.6) is 0 Å². The van der Waals surface area contributed by atoms with Gasteiger partial charge in [0.15, 0.2) is 0 Å². The molecule has 0 saturated carbocycles. The van der Waals surface area contributed by atoms with E-state index in [0.717, 1.165) is 0 Å². The highest BCUT2D eigenvalue weighted by Gasteiger charge is 2.32. The second-order valence-corrected chi connectivity index (χ2v) is 3.68. The van der Waals surface area contributed by atoms with Crippen molar-refractivity contribution in [3.05, 3.63) is 0 Å². The highest BCUT2D eigenvalue weighted by Crippen LogP contribution is 2.11. The zero-order valence-electron chi connectivity index (χ0n) is 10.2. The first kappa shape index (κ1) is 14.2. The van der Waals surface area contributed by atoms with E-state index in [2.05, 4.69) is 20.1 Å². The van der Waals surface area contributed by atoms with Crippen LogP contribution in [-0.4, -0.2) is 57.5 Å². The minimum atomic E-state index is -0.724. The number of hydrogen-bond donors (Lipinski definition) is 2. The van der Waals surface area contributed by atoms with Gasteiger partial charge in [-0.2, -0.15) is 0 Å². The summed E-state index contributed by atoms with van der Waals surface area (Å²) in [7, 11) is 2.51. The number of methoxy groups -OCH3 is 2. The summed E-state index contributed by atoms with van der Waals surface area (Å²) in [5, 5.41) is 5.11. The van der Waals surface area contributed by atoms with Crippen LogP contribution in [0.4, 0.5) is 4.79 Å². The summed E-state index contributed by atoms with van der Waals surface area (Å²) < 4.78 is 13.9. The number of ether oxygens (including phenoxy) is 3. The average molecular weight is 260 g/mol. The summed E-state index contributed by atoms with van der Waals surface area (Å²) in [6.07, 6.45) is -0.803. The van der Waals surface area contributed by atoms with E-state index in [0.29, 0.717) is 13.0 Å². The van der Waals surface area contributed by atoms with Crippen molar-refractivity contribution in [3.8, 4) is 0 Å². The van der Waals surface area contributed by atoms with Crippen molar-refractivity contribution in [2.45, 2.75) is 18.6 Å². The van der Waals surface area contributed by atoms with Crippen molar-refractivity contribution in [1.82, 2.24) is 10.6 Å². The zero-order valence-corrected chi connectivity index (χ0v) is 10.2. The molecule has 1 fully saturated rings. The van der Waals surface area contributed by atoms with Crippen molar-refractivity contribution in [2.24, 2.45) is 0 Å². The van der Waals surface area contributed by atoms with Gasteiger partial charge in [-0.05, 0) is 0 Å². The molecule has 0 aromatic rings. The van der Waals surface area contributed by atoms with Gasteiger partial charge in [-0.25, -0.2) is 4.79 Å². The topological polar surface area (TPSA) is 103 Å². The summed E-state index contributed by atoms with van der Waals surface area (Å²) in [4.78, 5) is 33.2. The van der Waals surface area contributed by atoms with Gasteiger partial charge in [-0.1, -0.05) is 0 Å². The number of hydrogen-bond acceptors (Lipinski definition) is 7. The van der Waals surface area contributed by atoms with Crippen LogP contribution in [0, 0.1) is 0 Å². The number of carbonyl (C=O) groups is 3. The van der Waals surface area contributed by atoms with Crippen molar-refractivity contribution in [2.75, 3.05) is 27.3 Å². The highest BCUT2D eigenvalue weighted by atomic mass is 16.6. The monoisotopic (exact) mass is 260 g/mol. The Labute approximate surface area is 104 Å². The Morgan fingerprint density at radius 3 is 2.61 bits per heavy atom. The van der Waals surface area contributed by atoms with Gasteiger partial charge in [-0.15, -0.1) is 0 Å². The lowest BCUT2D eigenvalue weighted by Gasteiger charge is -2.11. The molecule has 0 bridgehead atoms. The molecule has 0 aromatic carbocycles. The molecule has 102 valence electrons. The molecule has 8 heteroatoms. The minimum Gasteiger partial charge on any atom is -0.468 e. The molecule has 1 heterocycles. The maximum absolute atomic E-state index is 11.3. The molecular weight excluding hydrogens is 244 g/mol. The van der Waals surface area contributed by atoms with Gasteiger partial charge in [0.2, 0.25) is 0 Å². The maximum Gasteiger partial charge on any atom is 0.407 e. The Kier molecular flexibility index (Phi) is 5.37. The number of rotatable bonds is 4. The van der Waals surface area contributed by atoms with Gasteiger partial charge >= 0.3 is 18.0 Å². The lowest BCUT2D eigenvalue weighted by molar-refractivity contribution is -0.142. The smallest absolute Gasteiger partial charge is 0.407 e. The first-order valence-electron chi connectivity index (χ1n) is 5.39. The molecule has 2 atom stereocenters. The van der Waals surface area contributed by atoms with E-state index >= 15 is 0 Å². The van der Waals surface area contributed by atoms with Gasteiger partial charge in [0.05, 0.1) is 14.2 Å². The summed E-state index contributed by atoms with van der Waals surface area (Å²) in [5.74, 6) is -0.958. The molecule has 2 N–H and O–H groups in total. The van der Waals surface area contributed by atoms with Crippen molar-refractivity contribution in [1.29, 1.82) is 0 Å². The predicted molar refractivity (Wildman–Crippen MR) is 58.7 cm³/mol. The molecule has 8 nitrogen and oxygen atoms in total. The zero-order chi connectivity index (χ0) is 13.5. The molecule has 0 radical (unpaired) electrons. The van der Waals surface area contributed by atoms with E-state index in [1.165, 1.54) is 14.2 Å². The van der Waals surface area contributed by atoms with Crippen LogP contribution in [0.1, 0.15) is 6.42 Å². The third-order valence-electron chi connectivity index (χ3n) is 2.45. The van der Waals surface area contributed by atoms with E-state index in [1.807, 2.05) is 0 Å². The van der Waals surface area contributed by atoms with Crippen LogP contribution in [0.25, 0.3) is 0 Å². The lowest BCUT2D eigenvalue weighted by atomic mass is 10.2. The van der Waals surface area contributed by atoms with E-state index in [1.54, 1.807) is 0 Å². The molecule has 0 spiro atoms. The number of carbonyl (C=O) groups excluding carboxylic acids is 3. The first-order chi connectivity index (χ1) is 8.56. The van der Waals surface area contributed by atoms with Crippen LogP contribution in [-0.2, 0) is 23.8 Å². The Morgan fingerprint density at radius 1 is 1.28 bits per heavy atom. The predicted octanol–water partition coefficient (Wildman–Crippen LogP) is -1.21. The molecule has 0 aromatic heterocycles. The third kappa shape index (κ3) is 4.21. The molecule has 1 rings (SSSR count). The largest absolute Gasteiger partial charge is 0.468 e. The molecule has 0 aliphatic carbocycles. The average Bonchev–Trinajstić information content (AvgIpc) is 2.83. The molecule has 1 aliphatic heterocycles. The lowest BCUT2D eigenvalue weighted by Crippen LogP contribution is -2.34. The standard InChI is InChI=1S/C10H16N2O6/c1-16-8(13)5-12-10(15)18-6-3-7(11-4-6)9(14)17-2/h6-7,11H,3-5H2,1-2H3,(H,12,15)/t6-,7+/m1/s1. The Bertz CT molecular complexity index is 332. The van der Waals surface area contributed by atoms with Gasteiger partial charge in [0.1, 0.15) is 18.7 Å². The molecule has 1 saturated heterocycles. The molecule has 1 aliphatic rings. The van der Waals surface area contributed by atoms with Gasteiger partial charge < -0.3 is 24.8 Å². The fourth-order valence-electron chi connectivity index (χ4n) is 1.52. The van der Waals surface area contributed by atoms with Crippen LogP contribution in [0.3, 0.4) is 0 Å².